The minimum Gasteiger partial charge on any atom is -0.481 e. The van der Waals surface area contributed by atoms with Crippen molar-refractivity contribution in [1.82, 2.24) is 9.97 Å². The molecule has 2 N–H and O–H groups in total. The van der Waals surface area contributed by atoms with Crippen LogP contribution in [0.1, 0.15) is 19.7 Å². The average molecular weight is 252 g/mol. The summed E-state index contributed by atoms with van der Waals surface area (Å²) >= 11 is 0. The first-order valence-electron chi connectivity index (χ1n) is 5.97. The molecule has 0 aromatic carbocycles. The van der Waals surface area contributed by atoms with Crippen LogP contribution in [-0.4, -0.2) is 41.2 Å². The third-order valence-electron chi connectivity index (χ3n) is 2.70. The second kappa shape index (κ2) is 6.18. The summed E-state index contributed by atoms with van der Waals surface area (Å²) in [7, 11) is 1.95. The van der Waals surface area contributed by atoms with E-state index in [-0.39, 0.29) is 0 Å². The van der Waals surface area contributed by atoms with Crippen molar-refractivity contribution in [2.75, 3.05) is 30.4 Å². The zero-order chi connectivity index (χ0) is 13.7. The highest BCUT2D eigenvalue weighted by Crippen LogP contribution is 2.14. The number of carboxylic acid groups (broad SMARTS) is 1. The summed E-state index contributed by atoms with van der Waals surface area (Å²) in [4.78, 5) is 21.3. The maximum absolute atomic E-state index is 10.7. The second-order valence-electron chi connectivity index (χ2n) is 4.29. The predicted octanol–water partition coefficient (Wildman–Crippen LogP) is 1.37. The van der Waals surface area contributed by atoms with Crippen LogP contribution in [0, 0.1) is 12.8 Å². The lowest BCUT2D eigenvalue weighted by Crippen LogP contribution is -2.21. The van der Waals surface area contributed by atoms with Crippen LogP contribution in [0.4, 0.5) is 11.6 Å². The smallest absolute Gasteiger partial charge is 0.308 e. The fourth-order valence-corrected chi connectivity index (χ4v) is 1.35. The van der Waals surface area contributed by atoms with Crippen molar-refractivity contribution in [1.29, 1.82) is 0 Å². The monoisotopic (exact) mass is 252 g/mol. The van der Waals surface area contributed by atoms with Crippen molar-refractivity contribution < 1.29 is 9.90 Å². The lowest BCUT2D eigenvalue weighted by Gasteiger charge is -2.17. The van der Waals surface area contributed by atoms with E-state index in [1.165, 1.54) is 0 Å². The molecule has 0 aliphatic carbocycles. The van der Waals surface area contributed by atoms with Crippen LogP contribution < -0.4 is 10.2 Å². The summed E-state index contributed by atoms with van der Waals surface area (Å²) in [5, 5.41) is 11.8. The largest absolute Gasteiger partial charge is 0.481 e. The lowest BCUT2D eigenvalue weighted by atomic mass is 10.2. The SMILES string of the molecule is CCN(C)c1cc(NCC(C)C(=O)O)nc(C)n1. The zero-order valence-electron chi connectivity index (χ0n) is 11.3. The van der Waals surface area contributed by atoms with Crippen molar-refractivity contribution in [2.45, 2.75) is 20.8 Å². The molecule has 6 heteroatoms. The molecular weight excluding hydrogens is 232 g/mol. The van der Waals surface area contributed by atoms with Crippen LogP contribution in [0.25, 0.3) is 0 Å². The van der Waals surface area contributed by atoms with E-state index in [0.717, 1.165) is 12.4 Å². The van der Waals surface area contributed by atoms with Crippen molar-refractivity contribution in [3.05, 3.63) is 11.9 Å². The van der Waals surface area contributed by atoms with E-state index >= 15 is 0 Å². The molecule has 0 aliphatic heterocycles. The van der Waals surface area contributed by atoms with Crippen LogP contribution in [0.5, 0.6) is 0 Å². The van der Waals surface area contributed by atoms with Crippen LogP contribution in [0.2, 0.25) is 0 Å². The molecular formula is C12H20N4O2. The summed E-state index contributed by atoms with van der Waals surface area (Å²) in [5.74, 6) is 0.881. The molecule has 6 nitrogen and oxygen atoms in total. The Kier molecular flexibility index (Phi) is 4.88. The van der Waals surface area contributed by atoms with Gasteiger partial charge in [0.1, 0.15) is 17.5 Å². The molecule has 1 unspecified atom stereocenters. The molecule has 0 bridgehead atoms. The quantitative estimate of drug-likeness (QED) is 0.796. The summed E-state index contributed by atoms with van der Waals surface area (Å²) in [6.07, 6.45) is 0. The number of aromatic nitrogens is 2. The first-order chi connectivity index (χ1) is 8.43. The van der Waals surface area contributed by atoms with Gasteiger partial charge in [-0.1, -0.05) is 6.92 Å². The number of nitrogens with zero attached hydrogens (tertiary/aromatic N) is 3. The van der Waals surface area contributed by atoms with Crippen molar-refractivity contribution in [3.8, 4) is 0 Å². The Morgan fingerprint density at radius 2 is 2.22 bits per heavy atom. The molecule has 100 valence electrons. The van der Waals surface area contributed by atoms with Gasteiger partial charge < -0.3 is 15.3 Å². The Bertz CT molecular complexity index is 423. The van der Waals surface area contributed by atoms with Crippen LogP contribution in [0.15, 0.2) is 6.07 Å². The second-order valence-corrected chi connectivity index (χ2v) is 4.29. The van der Waals surface area contributed by atoms with Gasteiger partial charge in [0.05, 0.1) is 5.92 Å². The summed E-state index contributed by atoms with van der Waals surface area (Å²) in [6.45, 7) is 6.71. The molecule has 1 atom stereocenters. The number of anilines is 2. The van der Waals surface area contributed by atoms with Gasteiger partial charge in [0.15, 0.2) is 0 Å². The lowest BCUT2D eigenvalue weighted by molar-refractivity contribution is -0.140. The number of aliphatic carboxylic acids is 1. The number of rotatable bonds is 6. The number of carboxylic acids is 1. The van der Waals surface area contributed by atoms with E-state index in [9.17, 15) is 4.79 Å². The van der Waals surface area contributed by atoms with Gasteiger partial charge in [0.25, 0.3) is 0 Å². The number of hydrogen-bond donors (Lipinski definition) is 2. The summed E-state index contributed by atoms with van der Waals surface area (Å²) in [5.41, 5.74) is 0. The Hall–Kier alpha value is -1.85. The molecule has 1 rings (SSSR count). The van der Waals surface area contributed by atoms with Crippen molar-refractivity contribution in [2.24, 2.45) is 5.92 Å². The van der Waals surface area contributed by atoms with Gasteiger partial charge in [0, 0.05) is 26.2 Å². The van der Waals surface area contributed by atoms with Crippen LogP contribution in [-0.2, 0) is 4.79 Å². The molecule has 0 saturated heterocycles. The predicted molar refractivity (Wildman–Crippen MR) is 71.0 cm³/mol. The number of nitrogens with one attached hydrogen (secondary N) is 1. The van der Waals surface area contributed by atoms with Gasteiger partial charge in [-0.3, -0.25) is 4.79 Å². The third kappa shape index (κ3) is 3.87. The number of carbonyl (C=O) groups is 1. The van der Waals surface area contributed by atoms with Crippen molar-refractivity contribution >= 4 is 17.6 Å². The Morgan fingerprint density at radius 1 is 1.56 bits per heavy atom. The van der Waals surface area contributed by atoms with Crippen molar-refractivity contribution in [3.63, 3.8) is 0 Å². The molecule has 1 aromatic rings. The standard InChI is InChI=1S/C12H20N4O2/c1-5-16(4)11-6-10(14-9(3)15-11)13-7-8(2)12(17)18/h6,8H,5,7H2,1-4H3,(H,17,18)(H,13,14,15). The minimum absolute atomic E-state index is 0.348. The molecule has 0 saturated carbocycles. The fourth-order valence-electron chi connectivity index (χ4n) is 1.35. The van der Waals surface area contributed by atoms with E-state index in [4.69, 9.17) is 5.11 Å². The van der Waals surface area contributed by atoms with Gasteiger partial charge in [-0.15, -0.1) is 0 Å². The molecule has 0 amide bonds. The first kappa shape index (κ1) is 14.2. The number of aryl methyl sites for hydroxylation is 1. The molecule has 18 heavy (non-hydrogen) atoms. The van der Waals surface area contributed by atoms with E-state index in [1.807, 2.05) is 31.9 Å². The van der Waals surface area contributed by atoms with Gasteiger partial charge in [-0.05, 0) is 13.8 Å². The topological polar surface area (TPSA) is 78.4 Å². The Labute approximate surface area is 107 Å². The fraction of sp³-hybridized carbons (Fsp3) is 0.583. The summed E-state index contributed by atoms with van der Waals surface area (Å²) < 4.78 is 0. The molecule has 0 spiro atoms. The normalized spacial score (nSPS) is 12.0. The molecule has 0 radical (unpaired) electrons. The average Bonchev–Trinajstić information content (AvgIpc) is 2.34. The third-order valence-corrected chi connectivity index (χ3v) is 2.70. The Balaban J connectivity index is 2.77. The maximum Gasteiger partial charge on any atom is 0.308 e. The van der Waals surface area contributed by atoms with Gasteiger partial charge in [-0.25, -0.2) is 9.97 Å². The van der Waals surface area contributed by atoms with Crippen LogP contribution in [0.3, 0.4) is 0 Å². The van der Waals surface area contributed by atoms with Gasteiger partial charge in [-0.2, -0.15) is 0 Å². The van der Waals surface area contributed by atoms with Gasteiger partial charge in [0.2, 0.25) is 0 Å². The van der Waals surface area contributed by atoms with E-state index in [0.29, 0.717) is 18.2 Å². The van der Waals surface area contributed by atoms with E-state index in [1.54, 1.807) is 6.92 Å². The maximum atomic E-state index is 10.7. The van der Waals surface area contributed by atoms with Gasteiger partial charge >= 0.3 is 5.97 Å². The van der Waals surface area contributed by atoms with E-state index < -0.39 is 11.9 Å². The molecule has 0 aliphatic rings. The van der Waals surface area contributed by atoms with E-state index in [2.05, 4.69) is 15.3 Å². The highest BCUT2D eigenvalue weighted by Gasteiger charge is 2.11. The minimum atomic E-state index is -0.820. The highest BCUT2D eigenvalue weighted by atomic mass is 16.4. The molecule has 1 heterocycles. The highest BCUT2D eigenvalue weighted by molar-refractivity contribution is 5.70. The van der Waals surface area contributed by atoms with Crippen LogP contribution >= 0.6 is 0 Å². The number of hydrogen-bond acceptors (Lipinski definition) is 5. The molecule has 0 fully saturated rings. The first-order valence-corrected chi connectivity index (χ1v) is 5.97. The zero-order valence-corrected chi connectivity index (χ0v) is 11.3. The Morgan fingerprint density at radius 3 is 2.78 bits per heavy atom. The molecule has 1 aromatic heterocycles. The summed E-state index contributed by atoms with van der Waals surface area (Å²) in [6, 6.07) is 1.82.